The molecule has 4 amide bonds. The minimum atomic E-state index is -4.42. The second-order valence-electron chi connectivity index (χ2n) is 6.80. The van der Waals surface area contributed by atoms with Crippen LogP contribution in [0.3, 0.4) is 0 Å². The summed E-state index contributed by atoms with van der Waals surface area (Å²) in [6.45, 7) is 0.428. The normalized spacial score (nSPS) is 26.5. The van der Waals surface area contributed by atoms with E-state index in [9.17, 15) is 32.4 Å². The zero-order valence-corrected chi connectivity index (χ0v) is 18.6. The van der Waals surface area contributed by atoms with Crippen LogP contribution < -0.4 is 34.9 Å². The molecule has 1 saturated heterocycles. The molecule has 2 heterocycles. The zero-order chi connectivity index (χ0) is 21.1. The molecule has 0 aromatic rings. The predicted molar refractivity (Wildman–Crippen MR) is 93.2 cm³/mol. The number of carboxylic acid groups (broad SMARTS) is 1. The van der Waals surface area contributed by atoms with Crippen LogP contribution in [-0.2, 0) is 34.1 Å². The second-order valence-corrected chi connectivity index (χ2v) is 8.40. The van der Waals surface area contributed by atoms with Crippen LogP contribution in [0.4, 0.5) is 0 Å². The Balaban J connectivity index is 0.000000569. The van der Waals surface area contributed by atoms with Crippen LogP contribution in [0, 0.1) is 11.8 Å². The number of imide groups is 2. The maximum absolute atomic E-state index is 11.4. The van der Waals surface area contributed by atoms with Crippen molar-refractivity contribution in [3.8, 4) is 0 Å². The Hall–Kier alpha value is -1.60. The van der Waals surface area contributed by atoms with Gasteiger partial charge in [-0.3, -0.25) is 38.7 Å². The van der Waals surface area contributed by atoms with Gasteiger partial charge in [-0.05, 0) is 31.6 Å². The van der Waals surface area contributed by atoms with Gasteiger partial charge >= 0.3 is 35.5 Å². The fraction of sp³-hybridized carbons (Fsp3) is 0.562. The van der Waals surface area contributed by atoms with Gasteiger partial charge in [-0.2, -0.15) is 8.42 Å². The molecular weight excluding hydrogens is 419 g/mol. The fourth-order valence-corrected chi connectivity index (χ4v) is 3.92. The number of hydrogen-bond donors (Lipinski definition) is 3. The predicted octanol–water partition coefficient (Wildman–Crippen LogP) is -3.79. The number of rotatable bonds is 4. The van der Waals surface area contributed by atoms with Crippen molar-refractivity contribution in [1.29, 1.82) is 0 Å². The van der Waals surface area contributed by atoms with Gasteiger partial charge in [0.25, 0.3) is 21.9 Å². The minimum absolute atomic E-state index is 0. The first-order valence-electron chi connectivity index (χ1n) is 8.55. The van der Waals surface area contributed by atoms with Crippen LogP contribution in [0.15, 0.2) is 12.2 Å². The van der Waals surface area contributed by atoms with Gasteiger partial charge in [0.05, 0.1) is 12.3 Å². The molecule has 1 aliphatic carbocycles. The van der Waals surface area contributed by atoms with Crippen LogP contribution in [0.1, 0.15) is 33.5 Å². The van der Waals surface area contributed by atoms with Crippen molar-refractivity contribution in [1.82, 2.24) is 10.2 Å². The largest absolute Gasteiger partial charge is 1.00 e. The van der Waals surface area contributed by atoms with E-state index in [1.54, 1.807) is 5.32 Å². The van der Waals surface area contributed by atoms with Crippen molar-refractivity contribution in [2.45, 2.75) is 37.4 Å². The maximum Gasteiger partial charge on any atom is 1.00 e. The Kier molecular flexibility index (Phi) is 9.15. The number of nitrogens with one attached hydrogen (secondary N) is 1. The molecule has 1 atom stereocenters. The molecule has 1 unspecified atom stereocenters. The van der Waals surface area contributed by atoms with Crippen LogP contribution in [0.2, 0.25) is 0 Å². The molecule has 0 spiro atoms. The Morgan fingerprint density at radius 1 is 1.10 bits per heavy atom. The van der Waals surface area contributed by atoms with Crippen LogP contribution >= 0.6 is 0 Å². The summed E-state index contributed by atoms with van der Waals surface area (Å²) in [5, 5.41) is 9.00. The van der Waals surface area contributed by atoms with Crippen molar-refractivity contribution in [2.75, 3.05) is 6.54 Å². The van der Waals surface area contributed by atoms with E-state index in [-0.39, 0.29) is 54.6 Å². The maximum atomic E-state index is 11.4. The third-order valence-corrected chi connectivity index (χ3v) is 5.92. The molecular formula is C16H21N2NaO9S. The van der Waals surface area contributed by atoms with E-state index in [4.69, 9.17) is 9.66 Å². The van der Waals surface area contributed by atoms with Gasteiger partial charge < -0.3 is 6.53 Å². The van der Waals surface area contributed by atoms with Gasteiger partial charge in [0.1, 0.15) is 0 Å². The summed E-state index contributed by atoms with van der Waals surface area (Å²) >= 11 is 0. The molecule has 1 saturated carbocycles. The summed E-state index contributed by atoms with van der Waals surface area (Å²) in [5.74, 6) is -2.90. The zero-order valence-electron chi connectivity index (χ0n) is 16.7. The first-order valence-corrected chi connectivity index (χ1v) is 10.1. The topological polar surface area (TPSA) is 175 Å². The summed E-state index contributed by atoms with van der Waals surface area (Å²) in [6, 6.07) is 0. The third kappa shape index (κ3) is 7.00. The number of amides is 4. The molecule has 3 N–H and O–H groups in total. The fourth-order valence-electron chi connectivity index (χ4n) is 3.23. The first kappa shape index (κ1) is 25.4. The average Bonchev–Trinajstić information content (AvgIpc) is 3.11. The minimum Gasteiger partial charge on any atom is -1.00 e. The molecule has 0 aromatic carbocycles. The molecule has 29 heavy (non-hydrogen) atoms. The number of nitrogens with zero attached hydrogens (tertiary/aromatic N) is 1. The molecule has 2 fully saturated rings. The molecule has 11 nitrogen and oxygen atoms in total. The van der Waals surface area contributed by atoms with Gasteiger partial charge in [-0.15, -0.1) is 0 Å². The molecule has 0 aromatic heterocycles. The summed E-state index contributed by atoms with van der Waals surface area (Å²) in [6.07, 6.45) is 4.91. The monoisotopic (exact) mass is 440 g/mol. The van der Waals surface area contributed by atoms with Crippen molar-refractivity contribution in [2.24, 2.45) is 11.8 Å². The average molecular weight is 440 g/mol. The summed E-state index contributed by atoms with van der Waals surface area (Å²) in [7, 11) is -4.42. The molecule has 156 valence electrons. The number of hydrogen-bond acceptors (Lipinski definition) is 7. The van der Waals surface area contributed by atoms with E-state index in [1.807, 2.05) is 0 Å². The van der Waals surface area contributed by atoms with Gasteiger partial charge in [-0.1, -0.05) is 0 Å². The number of carbonyl (C=O) groups is 5. The Bertz CT molecular complexity index is 820. The standard InChI is InChI=1S/C12H15NO4.C4H5NO5S.Na.H/c14-10-5-6-11(15)13(10)7-8-1-3-9(4-2-8)12(16)17;6-3-1-2(4(7)5-3)11(8,9)10;;/h5-6,8-9H,1-4,7H2,(H,16,17);2H,1H2,(H,5,6,7)(H,8,9,10);;/q;;+1;-1. The Morgan fingerprint density at radius 2 is 1.62 bits per heavy atom. The third-order valence-electron chi connectivity index (χ3n) is 4.82. The SMILES string of the molecule is O=C(O)C1CCC(CN2C(=O)C=CC2=O)CC1.O=C1CC(S(=O)(=O)O)C(=O)N1.[H-].[Na+]. The first-order chi connectivity index (χ1) is 13.0. The van der Waals surface area contributed by atoms with E-state index in [2.05, 4.69) is 0 Å². The van der Waals surface area contributed by atoms with Crippen LogP contribution in [0.25, 0.3) is 0 Å². The van der Waals surface area contributed by atoms with Gasteiger partial charge in [-0.25, -0.2) is 0 Å². The molecule has 3 aliphatic rings. The van der Waals surface area contributed by atoms with E-state index in [1.165, 1.54) is 17.1 Å². The van der Waals surface area contributed by atoms with Gasteiger partial charge in [0.2, 0.25) is 11.8 Å². The Morgan fingerprint density at radius 3 is 1.97 bits per heavy atom. The van der Waals surface area contributed by atoms with Crippen molar-refractivity contribution < 1.29 is 73.0 Å². The Labute approximate surface area is 190 Å². The molecule has 0 bridgehead atoms. The van der Waals surface area contributed by atoms with Crippen molar-refractivity contribution >= 4 is 39.7 Å². The smallest absolute Gasteiger partial charge is 1.00 e. The van der Waals surface area contributed by atoms with Crippen molar-refractivity contribution in [3.63, 3.8) is 0 Å². The molecule has 0 radical (unpaired) electrons. The summed E-state index contributed by atoms with van der Waals surface area (Å²) < 4.78 is 29.0. The molecule has 3 rings (SSSR count). The number of carboxylic acids is 1. The van der Waals surface area contributed by atoms with E-state index in [0.717, 1.165) is 12.8 Å². The second kappa shape index (κ2) is 10.4. The van der Waals surface area contributed by atoms with Gasteiger partial charge in [0, 0.05) is 18.7 Å². The molecule has 2 aliphatic heterocycles. The number of aliphatic carboxylic acids is 1. The van der Waals surface area contributed by atoms with Crippen molar-refractivity contribution in [3.05, 3.63) is 12.2 Å². The van der Waals surface area contributed by atoms with E-state index in [0.29, 0.717) is 19.4 Å². The van der Waals surface area contributed by atoms with E-state index < -0.39 is 39.6 Å². The molecule has 13 heteroatoms. The van der Waals surface area contributed by atoms with Gasteiger partial charge in [0.15, 0.2) is 5.25 Å². The summed E-state index contributed by atoms with van der Waals surface area (Å²) in [4.78, 5) is 55.7. The quantitative estimate of drug-likeness (QED) is 0.225. The number of carbonyl (C=O) groups excluding carboxylic acids is 4. The van der Waals surface area contributed by atoms with E-state index >= 15 is 0 Å². The van der Waals surface area contributed by atoms with Crippen LogP contribution in [0.5, 0.6) is 0 Å². The van der Waals surface area contributed by atoms with Crippen LogP contribution in [-0.4, -0.2) is 64.4 Å². The summed E-state index contributed by atoms with van der Waals surface area (Å²) in [5.41, 5.74) is 0.